The smallest absolute Gasteiger partial charge is 0.324 e. The van der Waals surface area contributed by atoms with Crippen LogP contribution in [0, 0.1) is 0 Å². The van der Waals surface area contributed by atoms with Crippen LogP contribution in [0.4, 0.5) is 43.9 Å². The van der Waals surface area contributed by atoms with E-state index in [4.69, 9.17) is 9.79 Å². The topological polar surface area (TPSA) is 57.5 Å². The van der Waals surface area contributed by atoms with Crippen LogP contribution in [0.25, 0.3) is 0 Å². The molecule has 0 aromatic rings. The quantitative estimate of drug-likeness (QED) is 0.574. The predicted molar refractivity (Wildman–Crippen MR) is 42.7 cm³/mol. The van der Waals surface area contributed by atoms with Gasteiger partial charge < -0.3 is 9.79 Å². The van der Waals surface area contributed by atoms with E-state index >= 15 is 0 Å². The molecule has 0 bridgehead atoms. The van der Waals surface area contributed by atoms with Crippen molar-refractivity contribution in [1.82, 2.24) is 0 Å². The first-order valence-corrected chi connectivity index (χ1v) is 6.04. The maximum absolute atomic E-state index is 12.7. The van der Waals surface area contributed by atoms with Crippen LogP contribution in [0.1, 0.15) is 0 Å². The van der Waals surface area contributed by atoms with E-state index in [1.54, 1.807) is 0 Å². The van der Waals surface area contributed by atoms with E-state index in [9.17, 15) is 48.5 Å². The third kappa shape index (κ3) is 3.19. The van der Waals surface area contributed by atoms with Gasteiger partial charge in [0.05, 0.1) is 0 Å². The molecule has 0 aliphatic rings. The molecule has 0 aromatic carbocycles. The molecule has 0 fully saturated rings. The van der Waals surface area contributed by atoms with Gasteiger partial charge in [-0.15, -0.1) is 0 Å². The minimum atomic E-state index is -7.24. The second-order valence-electron chi connectivity index (χ2n) is 3.60. The average Bonchev–Trinajstić information content (AvgIpc) is 2.12. The zero-order valence-electron chi connectivity index (χ0n) is 8.81. The van der Waals surface area contributed by atoms with Gasteiger partial charge in [-0.05, 0) is 0 Å². The lowest BCUT2D eigenvalue weighted by Crippen LogP contribution is -2.65. The molecular formula is C6H5F10O3P. The third-order valence-electron chi connectivity index (χ3n) is 1.95. The van der Waals surface area contributed by atoms with Crippen LogP contribution >= 0.6 is 7.60 Å². The molecule has 20 heavy (non-hydrogen) atoms. The van der Waals surface area contributed by atoms with Crippen LogP contribution in [0.3, 0.4) is 0 Å². The Morgan fingerprint density at radius 1 is 0.850 bits per heavy atom. The van der Waals surface area contributed by atoms with E-state index in [1.807, 2.05) is 0 Å². The van der Waals surface area contributed by atoms with E-state index in [2.05, 4.69) is 0 Å². The fourth-order valence-corrected chi connectivity index (χ4v) is 1.65. The number of hydrogen-bond acceptors (Lipinski definition) is 1. The molecule has 0 aromatic heterocycles. The number of halogens is 10. The first kappa shape index (κ1) is 19.4. The van der Waals surface area contributed by atoms with Gasteiger partial charge in [0.1, 0.15) is 6.16 Å². The Morgan fingerprint density at radius 3 is 1.45 bits per heavy atom. The molecule has 0 aliphatic heterocycles. The van der Waals surface area contributed by atoms with Gasteiger partial charge in [-0.3, -0.25) is 4.57 Å². The Balaban J connectivity index is 5.78. The number of alkyl halides is 10. The zero-order chi connectivity index (χ0) is 16.8. The minimum absolute atomic E-state index is 3.22. The molecule has 0 radical (unpaired) electrons. The number of hydrogen-bond donors (Lipinski definition) is 2. The van der Waals surface area contributed by atoms with Crippen molar-refractivity contribution in [2.75, 3.05) is 6.16 Å². The summed E-state index contributed by atoms with van der Waals surface area (Å²) in [5, 5.41) is 0. The van der Waals surface area contributed by atoms with E-state index in [0.717, 1.165) is 0 Å². The maximum Gasteiger partial charge on any atom is 0.384 e. The number of rotatable bonds is 6. The Hall–Kier alpha value is -0.550. The molecule has 0 aliphatic carbocycles. The highest BCUT2D eigenvalue weighted by molar-refractivity contribution is 7.51. The van der Waals surface area contributed by atoms with Crippen molar-refractivity contribution in [3.63, 3.8) is 0 Å². The Kier molecular flexibility index (Phi) is 4.88. The van der Waals surface area contributed by atoms with Gasteiger partial charge in [0.15, 0.2) is 0 Å². The highest BCUT2D eigenvalue weighted by Gasteiger charge is 2.83. The lowest BCUT2D eigenvalue weighted by molar-refractivity contribution is -0.379. The van der Waals surface area contributed by atoms with Gasteiger partial charge in [0.2, 0.25) is 0 Å². The Labute approximate surface area is 103 Å². The van der Waals surface area contributed by atoms with Crippen molar-refractivity contribution in [3.05, 3.63) is 0 Å². The fourth-order valence-electron chi connectivity index (χ4n) is 0.934. The van der Waals surface area contributed by atoms with Crippen molar-refractivity contribution in [2.45, 2.75) is 30.1 Å². The van der Waals surface area contributed by atoms with Gasteiger partial charge in [-0.1, -0.05) is 0 Å². The third-order valence-corrected chi connectivity index (χ3v) is 2.76. The van der Waals surface area contributed by atoms with Crippen molar-refractivity contribution >= 4 is 7.60 Å². The molecule has 0 saturated carbocycles. The molecule has 0 saturated heterocycles. The minimum Gasteiger partial charge on any atom is -0.324 e. The summed E-state index contributed by atoms with van der Waals surface area (Å²) in [6.07, 6.45) is -8.63. The van der Waals surface area contributed by atoms with Gasteiger partial charge in [-0.2, -0.15) is 35.1 Å². The lowest BCUT2D eigenvalue weighted by atomic mass is 10.00. The molecule has 2 N–H and O–H groups in total. The summed E-state index contributed by atoms with van der Waals surface area (Å²) in [4.78, 5) is 16.0. The predicted octanol–water partition coefficient (Wildman–Crippen LogP) is 2.97. The second kappa shape index (κ2) is 5.02. The monoisotopic (exact) mass is 346 g/mol. The van der Waals surface area contributed by atoms with Crippen LogP contribution in [-0.4, -0.2) is 46.1 Å². The summed E-state index contributed by atoms with van der Waals surface area (Å²) in [6, 6.07) is 0. The average molecular weight is 346 g/mol. The molecule has 0 unspecified atom stereocenters. The molecule has 0 atom stereocenters. The van der Waals surface area contributed by atoms with Crippen molar-refractivity contribution in [1.29, 1.82) is 0 Å². The van der Waals surface area contributed by atoms with Gasteiger partial charge >= 0.3 is 37.7 Å². The van der Waals surface area contributed by atoms with Gasteiger partial charge in [-0.25, -0.2) is 8.78 Å². The van der Waals surface area contributed by atoms with Crippen LogP contribution in [0.2, 0.25) is 0 Å². The van der Waals surface area contributed by atoms with Crippen LogP contribution in [0.15, 0.2) is 0 Å². The first-order valence-electron chi connectivity index (χ1n) is 4.24. The largest absolute Gasteiger partial charge is 0.384 e. The van der Waals surface area contributed by atoms with E-state index in [0.29, 0.717) is 0 Å². The summed E-state index contributed by atoms with van der Waals surface area (Å²) in [6.45, 7) is 0. The second-order valence-corrected chi connectivity index (χ2v) is 5.25. The molecule has 0 heterocycles. The van der Waals surface area contributed by atoms with Gasteiger partial charge in [0.25, 0.3) is 0 Å². The summed E-state index contributed by atoms with van der Waals surface area (Å²) in [5.41, 5.74) is 0. The van der Waals surface area contributed by atoms with Crippen LogP contribution in [0.5, 0.6) is 0 Å². The molecule has 3 nitrogen and oxygen atoms in total. The Bertz CT molecular complexity index is 402. The zero-order valence-corrected chi connectivity index (χ0v) is 9.71. The highest BCUT2D eigenvalue weighted by atomic mass is 31.2. The van der Waals surface area contributed by atoms with E-state index in [-0.39, 0.29) is 0 Å². The standard InChI is InChI=1S/C6H5F10O3P/c7-2(8)4(11,12)6(15,16)5(13,14)3(9,10)1-20(17,18)19/h2H,1H2,(H2,17,18,19). The summed E-state index contributed by atoms with van der Waals surface area (Å²) in [5.74, 6) is -27.6. The SMILES string of the molecule is O=P(O)(O)CC(F)(F)C(F)(F)C(F)(F)C(F)(F)C(F)F. The van der Waals surface area contributed by atoms with E-state index < -0.39 is 43.9 Å². The molecule has 0 spiro atoms. The maximum atomic E-state index is 12.7. The molecule has 14 heteroatoms. The normalized spacial score (nSPS) is 15.8. The molecule has 0 rings (SSSR count). The summed E-state index contributed by atoms with van der Waals surface area (Å²) in [7, 11) is -6.02. The van der Waals surface area contributed by atoms with Crippen LogP contribution in [-0.2, 0) is 4.57 Å². The van der Waals surface area contributed by atoms with Crippen molar-refractivity contribution in [2.24, 2.45) is 0 Å². The fraction of sp³-hybridized carbons (Fsp3) is 1.00. The van der Waals surface area contributed by atoms with Crippen LogP contribution < -0.4 is 0 Å². The highest BCUT2D eigenvalue weighted by Crippen LogP contribution is 2.57. The summed E-state index contributed by atoms with van der Waals surface area (Å²) >= 11 is 0. The van der Waals surface area contributed by atoms with E-state index in [1.165, 1.54) is 0 Å². The lowest BCUT2D eigenvalue weighted by Gasteiger charge is -2.36. The Morgan fingerprint density at radius 2 is 1.20 bits per heavy atom. The summed E-state index contributed by atoms with van der Waals surface area (Å²) < 4.78 is 134. The first-order chi connectivity index (χ1) is 8.40. The van der Waals surface area contributed by atoms with Crippen molar-refractivity contribution < 1.29 is 58.3 Å². The van der Waals surface area contributed by atoms with Crippen molar-refractivity contribution in [3.8, 4) is 0 Å². The molecule has 0 amide bonds. The van der Waals surface area contributed by atoms with Gasteiger partial charge in [0, 0.05) is 0 Å². The molecule has 122 valence electrons. The molecular weight excluding hydrogens is 341 g/mol.